The molecule has 0 unspecified atom stereocenters. The zero-order valence-corrected chi connectivity index (χ0v) is 18.7. The molecule has 6 nitrogen and oxygen atoms in total. The van der Waals surface area contributed by atoms with Gasteiger partial charge in [0.15, 0.2) is 5.96 Å². The Kier molecular flexibility index (Phi) is 8.78. The second-order valence-corrected chi connectivity index (χ2v) is 6.53. The summed E-state index contributed by atoms with van der Waals surface area (Å²) in [5, 5.41) is 8.65. The standard InChI is InChI=1S/C17H27ClN6.HI/c1-13-9-14(2)24(21-13)8-6-7-20-17(19-3)23(5)12-16-10-15(18)11-22(16)4;/h9-11H,6-8,12H2,1-5H3,(H,19,20);1H. The number of rotatable bonds is 6. The van der Waals surface area contributed by atoms with Gasteiger partial charge in [-0.3, -0.25) is 9.67 Å². The van der Waals surface area contributed by atoms with Crippen LogP contribution in [0.5, 0.6) is 0 Å². The van der Waals surface area contributed by atoms with Crippen LogP contribution in [0.25, 0.3) is 0 Å². The molecule has 0 fully saturated rings. The van der Waals surface area contributed by atoms with Crippen LogP contribution in [0, 0.1) is 13.8 Å². The number of halogens is 2. The molecule has 0 saturated heterocycles. The Hall–Kier alpha value is -1.22. The van der Waals surface area contributed by atoms with E-state index in [1.54, 1.807) is 7.05 Å². The maximum Gasteiger partial charge on any atom is 0.193 e. The lowest BCUT2D eigenvalue weighted by molar-refractivity contribution is 0.457. The van der Waals surface area contributed by atoms with Gasteiger partial charge in [0.1, 0.15) is 0 Å². The smallest absolute Gasteiger partial charge is 0.193 e. The van der Waals surface area contributed by atoms with Crippen LogP contribution >= 0.6 is 35.6 Å². The van der Waals surface area contributed by atoms with E-state index >= 15 is 0 Å². The first kappa shape index (κ1) is 21.8. The van der Waals surface area contributed by atoms with Gasteiger partial charge in [0.2, 0.25) is 0 Å². The normalized spacial score (nSPS) is 11.4. The average molecular weight is 479 g/mol. The highest BCUT2D eigenvalue weighted by molar-refractivity contribution is 14.0. The van der Waals surface area contributed by atoms with Crippen molar-refractivity contribution < 1.29 is 0 Å². The summed E-state index contributed by atoms with van der Waals surface area (Å²) in [5.74, 6) is 0.876. The fourth-order valence-electron chi connectivity index (χ4n) is 2.76. The predicted molar refractivity (Wildman–Crippen MR) is 115 cm³/mol. The fraction of sp³-hybridized carbons (Fsp3) is 0.529. The highest BCUT2D eigenvalue weighted by Gasteiger charge is 2.09. The Balaban J connectivity index is 0.00000312. The van der Waals surface area contributed by atoms with Crippen molar-refractivity contribution in [2.75, 3.05) is 20.6 Å². The molecule has 0 aromatic carbocycles. The van der Waals surface area contributed by atoms with Crippen LogP contribution in [0.15, 0.2) is 23.3 Å². The molecule has 2 aromatic rings. The summed E-state index contributed by atoms with van der Waals surface area (Å²) >= 11 is 6.04. The lowest BCUT2D eigenvalue weighted by Gasteiger charge is -2.22. The summed E-state index contributed by atoms with van der Waals surface area (Å²) in [6.07, 6.45) is 2.90. The average Bonchev–Trinajstić information content (AvgIpc) is 3.00. The second kappa shape index (κ2) is 10.1. The number of nitrogens with zero attached hydrogens (tertiary/aromatic N) is 5. The summed E-state index contributed by atoms with van der Waals surface area (Å²) in [5.41, 5.74) is 3.42. The molecule has 0 bridgehead atoms. The van der Waals surface area contributed by atoms with E-state index in [0.717, 1.165) is 48.4 Å². The first-order chi connectivity index (χ1) is 11.4. The molecule has 2 heterocycles. The molecule has 140 valence electrons. The van der Waals surface area contributed by atoms with Gasteiger partial charge in [0, 0.05) is 51.8 Å². The van der Waals surface area contributed by atoms with Gasteiger partial charge in [-0.2, -0.15) is 5.10 Å². The molecule has 25 heavy (non-hydrogen) atoms. The third-order valence-electron chi connectivity index (χ3n) is 3.98. The molecule has 0 aliphatic heterocycles. The first-order valence-corrected chi connectivity index (χ1v) is 8.52. The largest absolute Gasteiger partial charge is 0.356 e. The van der Waals surface area contributed by atoms with E-state index in [1.807, 2.05) is 37.8 Å². The molecule has 0 spiro atoms. The molecule has 8 heteroatoms. The Labute approximate surface area is 172 Å². The van der Waals surface area contributed by atoms with Crippen molar-refractivity contribution in [2.45, 2.75) is 33.4 Å². The number of aromatic nitrogens is 3. The lowest BCUT2D eigenvalue weighted by atomic mass is 10.3. The molecular formula is C17H28ClIN6. The van der Waals surface area contributed by atoms with Crippen LogP contribution in [-0.4, -0.2) is 45.8 Å². The molecule has 2 aromatic heterocycles. The van der Waals surface area contributed by atoms with Gasteiger partial charge in [0.05, 0.1) is 17.3 Å². The first-order valence-electron chi connectivity index (χ1n) is 8.14. The number of aliphatic imine (C=N–C) groups is 1. The summed E-state index contributed by atoms with van der Waals surface area (Å²) in [7, 11) is 5.83. The van der Waals surface area contributed by atoms with Crippen molar-refractivity contribution in [1.29, 1.82) is 0 Å². The maximum absolute atomic E-state index is 6.04. The van der Waals surface area contributed by atoms with E-state index in [-0.39, 0.29) is 24.0 Å². The Morgan fingerprint density at radius 1 is 1.36 bits per heavy atom. The summed E-state index contributed by atoms with van der Waals surface area (Å²) in [6.45, 7) is 6.62. The second-order valence-electron chi connectivity index (χ2n) is 6.09. The van der Waals surface area contributed by atoms with Gasteiger partial charge >= 0.3 is 0 Å². The summed E-state index contributed by atoms with van der Waals surface area (Å²) < 4.78 is 4.09. The van der Waals surface area contributed by atoms with Gasteiger partial charge in [0.25, 0.3) is 0 Å². The highest BCUT2D eigenvalue weighted by Crippen LogP contribution is 2.14. The molecule has 2 rings (SSSR count). The summed E-state index contributed by atoms with van der Waals surface area (Å²) in [6, 6.07) is 4.08. The number of aryl methyl sites for hydroxylation is 4. The number of guanidine groups is 1. The predicted octanol–water partition coefficient (Wildman–Crippen LogP) is 3.21. The van der Waals surface area contributed by atoms with Crippen molar-refractivity contribution in [3.05, 3.63) is 40.4 Å². The van der Waals surface area contributed by atoms with Crippen molar-refractivity contribution in [3.8, 4) is 0 Å². The van der Waals surface area contributed by atoms with Gasteiger partial charge in [-0.15, -0.1) is 24.0 Å². The SMILES string of the molecule is CN=C(NCCCn1nc(C)cc1C)N(C)Cc1cc(Cl)cn1C.I. The third kappa shape index (κ3) is 6.22. The van der Waals surface area contributed by atoms with E-state index < -0.39 is 0 Å². The number of hydrogen-bond donors (Lipinski definition) is 1. The van der Waals surface area contributed by atoms with E-state index in [4.69, 9.17) is 11.6 Å². The van der Waals surface area contributed by atoms with Crippen molar-refractivity contribution >= 4 is 41.5 Å². The minimum absolute atomic E-state index is 0. The molecule has 1 N–H and O–H groups in total. The molecule has 0 amide bonds. The Morgan fingerprint density at radius 2 is 2.08 bits per heavy atom. The van der Waals surface area contributed by atoms with Crippen LogP contribution < -0.4 is 5.32 Å². The molecular weight excluding hydrogens is 451 g/mol. The number of nitrogens with one attached hydrogen (secondary N) is 1. The monoisotopic (exact) mass is 478 g/mol. The van der Waals surface area contributed by atoms with E-state index in [1.165, 1.54) is 5.69 Å². The van der Waals surface area contributed by atoms with Gasteiger partial charge in [-0.1, -0.05) is 11.6 Å². The molecule has 0 atom stereocenters. The van der Waals surface area contributed by atoms with Gasteiger partial charge in [-0.05, 0) is 32.4 Å². The van der Waals surface area contributed by atoms with Crippen LogP contribution in [0.1, 0.15) is 23.5 Å². The summed E-state index contributed by atoms with van der Waals surface area (Å²) in [4.78, 5) is 6.45. The van der Waals surface area contributed by atoms with E-state index in [9.17, 15) is 0 Å². The van der Waals surface area contributed by atoms with Crippen LogP contribution in [-0.2, 0) is 20.1 Å². The van der Waals surface area contributed by atoms with E-state index in [2.05, 4.69) is 38.0 Å². The molecule has 0 aliphatic carbocycles. The van der Waals surface area contributed by atoms with Crippen molar-refractivity contribution in [2.24, 2.45) is 12.0 Å². The lowest BCUT2D eigenvalue weighted by Crippen LogP contribution is -2.39. The van der Waals surface area contributed by atoms with E-state index in [0.29, 0.717) is 0 Å². The van der Waals surface area contributed by atoms with Gasteiger partial charge < -0.3 is 14.8 Å². The van der Waals surface area contributed by atoms with Crippen LogP contribution in [0.2, 0.25) is 5.02 Å². The van der Waals surface area contributed by atoms with Crippen LogP contribution in [0.3, 0.4) is 0 Å². The maximum atomic E-state index is 6.04. The Morgan fingerprint density at radius 3 is 2.60 bits per heavy atom. The Bertz CT molecular complexity index is 706. The molecule has 0 saturated carbocycles. The highest BCUT2D eigenvalue weighted by atomic mass is 127. The number of hydrogen-bond acceptors (Lipinski definition) is 2. The van der Waals surface area contributed by atoms with Crippen molar-refractivity contribution in [1.82, 2.24) is 24.6 Å². The minimum Gasteiger partial charge on any atom is -0.356 e. The minimum atomic E-state index is 0. The molecule has 0 aliphatic rings. The topological polar surface area (TPSA) is 50.4 Å². The van der Waals surface area contributed by atoms with Crippen molar-refractivity contribution in [3.63, 3.8) is 0 Å². The zero-order valence-electron chi connectivity index (χ0n) is 15.6. The fourth-order valence-corrected chi connectivity index (χ4v) is 3.03. The third-order valence-corrected chi connectivity index (χ3v) is 4.19. The van der Waals surface area contributed by atoms with Gasteiger partial charge in [-0.25, -0.2) is 0 Å². The van der Waals surface area contributed by atoms with Crippen LogP contribution in [0.4, 0.5) is 0 Å². The molecule has 0 radical (unpaired) electrons. The quantitative estimate of drug-likeness (QED) is 0.300. The zero-order chi connectivity index (χ0) is 17.7.